The zero-order chi connectivity index (χ0) is 26.4. The molecule has 186 valence electrons. The molecule has 6 heteroatoms. The van der Waals surface area contributed by atoms with Gasteiger partial charge in [0.15, 0.2) is 6.61 Å². The molecule has 0 saturated heterocycles. The van der Waals surface area contributed by atoms with Gasteiger partial charge in [-0.3, -0.25) is 0 Å². The molecule has 0 saturated carbocycles. The highest BCUT2D eigenvalue weighted by atomic mass is 16.5. The summed E-state index contributed by atoms with van der Waals surface area (Å²) in [5, 5.41) is 19.8. The molecule has 3 aromatic carbocycles. The zero-order valence-electron chi connectivity index (χ0n) is 21.1. The van der Waals surface area contributed by atoms with Crippen LogP contribution in [0.2, 0.25) is 0 Å². The highest BCUT2D eigenvalue weighted by Gasteiger charge is 2.15. The summed E-state index contributed by atoms with van der Waals surface area (Å²) in [4.78, 5) is 22.5. The number of aryl methyl sites for hydroxylation is 2. The van der Waals surface area contributed by atoms with E-state index in [2.05, 4.69) is 11.8 Å². The minimum atomic E-state index is -1.02. The molecule has 0 amide bonds. The fraction of sp³-hybridized carbons (Fsp3) is 0.267. The number of hydrogen-bond acceptors (Lipinski definition) is 5. The standard InChI is InChI=1S/C30H30O6/c1-18(2)26-15-22(16-27-19(3)12-25(13-20(27)4)36-17-28(31)32)14-24(29(26)33)11-8-21-6-9-23(10-7-21)30(34)35-5/h6-7,9-10,12-15,18,33H,16-17H2,1-5H3,(H,31,32). The number of hydrogen-bond donors (Lipinski definition) is 2. The van der Waals surface area contributed by atoms with E-state index in [9.17, 15) is 14.7 Å². The highest BCUT2D eigenvalue weighted by Crippen LogP contribution is 2.32. The lowest BCUT2D eigenvalue weighted by molar-refractivity contribution is -0.139. The van der Waals surface area contributed by atoms with E-state index >= 15 is 0 Å². The Morgan fingerprint density at radius 1 is 0.972 bits per heavy atom. The minimum absolute atomic E-state index is 0.0961. The van der Waals surface area contributed by atoms with Crippen LogP contribution in [0.1, 0.15) is 69.1 Å². The molecule has 3 aromatic rings. The van der Waals surface area contributed by atoms with Gasteiger partial charge < -0.3 is 19.7 Å². The number of rotatable bonds is 7. The Bertz CT molecular complexity index is 1320. The molecule has 0 heterocycles. The van der Waals surface area contributed by atoms with Crippen LogP contribution in [-0.2, 0) is 16.0 Å². The zero-order valence-corrected chi connectivity index (χ0v) is 21.1. The number of methoxy groups -OCH3 is 1. The summed E-state index contributed by atoms with van der Waals surface area (Å²) in [5.74, 6) is 5.51. The first-order valence-electron chi connectivity index (χ1n) is 11.6. The summed E-state index contributed by atoms with van der Waals surface area (Å²) >= 11 is 0. The third-order valence-corrected chi connectivity index (χ3v) is 5.88. The van der Waals surface area contributed by atoms with E-state index in [1.807, 2.05) is 52.0 Å². The van der Waals surface area contributed by atoms with Gasteiger partial charge >= 0.3 is 11.9 Å². The van der Waals surface area contributed by atoms with E-state index in [1.165, 1.54) is 7.11 Å². The monoisotopic (exact) mass is 486 g/mol. The quantitative estimate of drug-likeness (QED) is 0.344. The van der Waals surface area contributed by atoms with Gasteiger partial charge in [-0.05, 0) is 96.5 Å². The second-order valence-corrected chi connectivity index (χ2v) is 8.95. The molecule has 0 spiro atoms. The van der Waals surface area contributed by atoms with Crippen molar-refractivity contribution in [2.75, 3.05) is 13.7 Å². The second kappa shape index (κ2) is 11.5. The molecule has 0 aromatic heterocycles. The Balaban J connectivity index is 1.95. The first-order chi connectivity index (χ1) is 17.1. The van der Waals surface area contributed by atoms with Gasteiger partial charge in [-0.25, -0.2) is 9.59 Å². The van der Waals surface area contributed by atoms with E-state index in [0.29, 0.717) is 28.9 Å². The van der Waals surface area contributed by atoms with Gasteiger partial charge in [0.05, 0.1) is 18.2 Å². The van der Waals surface area contributed by atoms with E-state index in [1.54, 1.807) is 24.3 Å². The molecule has 2 N–H and O–H groups in total. The van der Waals surface area contributed by atoms with E-state index in [4.69, 9.17) is 14.6 Å². The maximum Gasteiger partial charge on any atom is 0.341 e. The molecule has 0 aliphatic carbocycles. The van der Waals surface area contributed by atoms with Gasteiger partial charge in [-0.2, -0.15) is 0 Å². The van der Waals surface area contributed by atoms with Crippen LogP contribution >= 0.6 is 0 Å². The number of ether oxygens (including phenoxy) is 2. The number of carbonyl (C=O) groups is 2. The van der Waals surface area contributed by atoms with Crippen molar-refractivity contribution in [3.05, 3.63) is 93.0 Å². The number of esters is 1. The van der Waals surface area contributed by atoms with Crippen molar-refractivity contribution in [3.63, 3.8) is 0 Å². The molecular weight excluding hydrogens is 456 g/mol. The Hall–Kier alpha value is -4.24. The second-order valence-electron chi connectivity index (χ2n) is 8.95. The highest BCUT2D eigenvalue weighted by molar-refractivity contribution is 5.89. The number of phenolic OH excluding ortho intramolecular Hbond substituents is 1. The fourth-order valence-corrected chi connectivity index (χ4v) is 3.97. The first-order valence-corrected chi connectivity index (χ1v) is 11.6. The van der Waals surface area contributed by atoms with Crippen molar-refractivity contribution in [2.45, 2.75) is 40.0 Å². The van der Waals surface area contributed by atoms with Gasteiger partial charge in [0.2, 0.25) is 0 Å². The lowest BCUT2D eigenvalue weighted by Crippen LogP contribution is -2.10. The summed E-state index contributed by atoms with van der Waals surface area (Å²) in [6.45, 7) is 7.59. The maximum absolute atomic E-state index is 11.6. The van der Waals surface area contributed by atoms with Crippen molar-refractivity contribution in [2.24, 2.45) is 0 Å². The summed E-state index contributed by atoms with van der Waals surface area (Å²) in [5.41, 5.74) is 6.60. The lowest BCUT2D eigenvalue weighted by atomic mass is 9.91. The molecule has 0 aliphatic rings. The topological polar surface area (TPSA) is 93.1 Å². The molecule has 0 radical (unpaired) electrons. The van der Waals surface area contributed by atoms with E-state index in [0.717, 1.165) is 27.8 Å². The minimum Gasteiger partial charge on any atom is -0.506 e. The molecule has 0 aliphatic heterocycles. The number of carboxylic acids is 1. The predicted molar refractivity (Wildman–Crippen MR) is 138 cm³/mol. The van der Waals surface area contributed by atoms with Gasteiger partial charge in [0.1, 0.15) is 11.5 Å². The van der Waals surface area contributed by atoms with Crippen molar-refractivity contribution in [3.8, 4) is 23.3 Å². The van der Waals surface area contributed by atoms with Crippen molar-refractivity contribution < 1.29 is 29.3 Å². The Morgan fingerprint density at radius 3 is 2.17 bits per heavy atom. The first kappa shape index (κ1) is 26.4. The summed E-state index contributed by atoms with van der Waals surface area (Å²) in [6.07, 6.45) is 0.624. The Morgan fingerprint density at radius 2 is 1.61 bits per heavy atom. The van der Waals surface area contributed by atoms with Crippen molar-refractivity contribution in [1.29, 1.82) is 0 Å². The van der Waals surface area contributed by atoms with Crippen LogP contribution < -0.4 is 4.74 Å². The van der Waals surface area contributed by atoms with Crippen LogP contribution in [0.15, 0.2) is 48.5 Å². The molecule has 3 rings (SSSR count). The van der Waals surface area contributed by atoms with Gasteiger partial charge in [0, 0.05) is 5.56 Å². The number of benzene rings is 3. The lowest BCUT2D eigenvalue weighted by Gasteiger charge is -2.16. The SMILES string of the molecule is COC(=O)c1ccc(C#Cc2cc(Cc3c(C)cc(OCC(=O)O)cc3C)cc(C(C)C)c2O)cc1. The molecule has 0 fully saturated rings. The van der Waals surface area contributed by atoms with Crippen LogP contribution in [0.25, 0.3) is 0 Å². The van der Waals surface area contributed by atoms with E-state index in [-0.39, 0.29) is 18.3 Å². The normalized spacial score (nSPS) is 10.5. The molecule has 0 bridgehead atoms. The Kier molecular flexibility index (Phi) is 8.39. The molecule has 0 unspecified atom stereocenters. The summed E-state index contributed by atoms with van der Waals surface area (Å²) < 4.78 is 10.1. The third kappa shape index (κ3) is 6.45. The third-order valence-electron chi connectivity index (χ3n) is 5.88. The number of carbonyl (C=O) groups excluding carboxylic acids is 1. The van der Waals surface area contributed by atoms with Crippen LogP contribution in [0.5, 0.6) is 11.5 Å². The smallest absolute Gasteiger partial charge is 0.341 e. The summed E-state index contributed by atoms with van der Waals surface area (Å²) in [7, 11) is 1.34. The predicted octanol–water partition coefficient (Wildman–Crippen LogP) is 5.37. The number of aliphatic carboxylic acids is 1. The van der Waals surface area contributed by atoms with Crippen molar-refractivity contribution >= 4 is 11.9 Å². The van der Waals surface area contributed by atoms with Crippen LogP contribution in [0, 0.1) is 25.7 Å². The molecule has 36 heavy (non-hydrogen) atoms. The van der Waals surface area contributed by atoms with Crippen LogP contribution in [0.3, 0.4) is 0 Å². The molecular formula is C30H30O6. The van der Waals surface area contributed by atoms with Crippen LogP contribution in [0.4, 0.5) is 0 Å². The summed E-state index contributed by atoms with van der Waals surface area (Å²) in [6, 6.07) is 14.4. The molecule has 0 atom stereocenters. The largest absolute Gasteiger partial charge is 0.506 e. The molecule has 6 nitrogen and oxygen atoms in total. The average molecular weight is 487 g/mol. The van der Waals surface area contributed by atoms with E-state index < -0.39 is 11.9 Å². The van der Waals surface area contributed by atoms with Gasteiger partial charge in [-0.1, -0.05) is 31.8 Å². The van der Waals surface area contributed by atoms with Gasteiger partial charge in [-0.15, -0.1) is 0 Å². The van der Waals surface area contributed by atoms with Gasteiger partial charge in [0.25, 0.3) is 0 Å². The number of aromatic hydroxyl groups is 1. The number of phenols is 1. The maximum atomic E-state index is 11.6. The van der Waals surface area contributed by atoms with Crippen LogP contribution in [-0.4, -0.2) is 35.9 Å². The fourth-order valence-electron chi connectivity index (χ4n) is 3.97. The number of carboxylic acid groups (broad SMARTS) is 1. The van der Waals surface area contributed by atoms with Crippen molar-refractivity contribution in [1.82, 2.24) is 0 Å². The Labute approximate surface area is 211 Å². The average Bonchev–Trinajstić information content (AvgIpc) is 2.84.